The molecule has 2 aromatic heterocycles. The van der Waals surface area contributed by atoms with Crippen LogP contribution in [0.3, 0.4) is 0 Å². The second kappa shape index (κ2) is 7.63. The Morgan fingerprint density at radius 1 is 1.17 bits per heavy atom. The molecule has 2 aliphatic rings. The molecular weight excluding hydrogens is 451 g/mol. The Labute approximate surface area is 179 Å². The Balaban J connectivity index is 1.39. The van der Waals surface area contributed by atoms with Gasteiger partial charge in [-0.05, 0) is 0 Å². The molecule has 1 aliphatic heterocycles. The number of fused-ring (bicyclic) bond motifs is 1. The van der Waals surface area contributed by atoms with E-state index in [0.29, 0.717) is 22.9 Å². The third-order valence-electron chi connectivity index (χ3n) is 5.72. The van der Waals surface area contributed by atoms with Crippen molar-refractivity contribution in [1.82, 2.24) is 24.8 Å². The number of imidazole rings is 1. The van der Waals surface area contributed by atoms with Crippen LogP contribution in [-0.2, 0) is 4.79 Å². The van der Waals surface area contributed by atoms with Crippen molar-refractivity contribution in [2.75, 3.05) is 12.4 Å². The van der Waals surface area contributed by atoms with Crippen molar-refractivity contribution in [2.24, 2.45) is 0 Å². The molecule has 3 heterocycles. The van der Waals surface area contributed by atoms with Gasteiger partial charge in [0, 0.05) is 0 Å². The minimum absolute atomic E-state index is 0.258. The summed E-state index contributed by atoms with van der Waals surface area (Å²) in [6.07, 6.45) is 1.96. The molecule has 1 amide bonds. The number of benzene rings is 1. The predicted octanol–water partition coefficient (Wildman–Crippen LogP) is 0.267. The van der Waals surface area contributed by atoms with Crippen LogP contribution in [0.5, 0.6) is 0 Å². The average molecular weight is 473 g/mol. The summed E-state index contributed by atoms with van der Waals surface area (Å²) in [6.45, 7) is 0. The van der Waals surface area contributed by atoms with Gasteiger partial charge in [-0.15, -0.1) is 0 Å². The van der Waals surface area contributed by atoms with E-state index in [1.165, 1.54) is 18.9 Å². The first-order chi connectivity index (χ1) is 14.6. The van der Waals surface area contributed by atoms with Gasteiger partial charge in [-0.3, -0.25) is 0 Å². The summed E-state index contributed by atoms with van der Waals surface area (Å²) >= 11 is -0.361. The monoisotopic (exact) mass is 474 g/mol. The fourth-order valence-corrected chi connectivity index (χ4v) is 7.08. The number of carbonyl (C=O) groups is 1. The average Bonchev–Trinajstić information content (AvgIpc) is 3.31. The normalized spacial score (nSPS) is 30.4. The van der Waals surface area contributed by atoms with E-state index in [4.69, 9.17) is 0 Å². The van der Waals surface area contributed by atoms with Crippen molar-refractivity contribution in [3.8, 4) is 0 Å². The number of rotatable bonds is 5. The van der Waals surface area contributed by atoms with Crippen molar-refractivity contribution in [3.05, 3.63) is 48.5 Å². The third-order valence-corrected chi connectivity index (χ3v) is 9.01. The van der Waals surface area contributed by atoms with E-state index in [9.17, 15) is 15.0 Å². The topological polar surface area (TPSA) is 125 Å². The van der Waals surface area contributed by atoms with Crippen LogP contribution < -0.4 is 10.6 Å². The summed E-state index contributed by atoms with van der Waals surface area (Å²) in [5.41, 5.74) is 2.51. The van der Waals surface area contributed by atoms with Gasteiger partial charge in [-0.25, -0.2) is 0 Å². The van der Waals surface area contributed by atoms with Crippen LogP contribution >= 0.6 is 0 Å². The molecule has 1 aliphatic carbocycles. The van der Waals surface area contributed by atoms with Gasteiger partial charge in [0.2, 0.25) is 0 Å². The zero-order valence-corrected chi connectivity index (χ0v) is 17.9. The summed E-state index contributed by atoms with van der Waals surface area (Å²) in [4.78, 5) is 24.2. The van der Waals surface area contributed by atoms with Crippen LogP contribution in [-0.4, -0.2) is 75.9 Å². The molecule has 0 bridgehead atoms. The van der Waals surface area contributed by atoms with E-state index < -0.39 is 22.0 Å². The van der Waals surface area contributed by atoms with Crippen LogP contribution in [0.4, 0.5) is 5.82 Å². The van der Waals surface area contributed by atoms with Crippen LogP contribution in [0.1, 0.15) is 22.8 Å². The predicted molar refractivity (Wildman–Crippen MR) is 111 cm³/mol. The molecule has 1 aromatic carbocycles. The third kappa shape index (κ3) is 3.26. The van der Waals surface area contributed by atoms with Gasteiger partial charge >= 0.3 is 179 Å². The van der Waals surface area contributed by atoms with Crippen LogP contribution in [0.15, 0.2) is 43.0 Å². The molecular formula is C20H22N6O3Se. The van der Waals surface area contributed by atoms with Crippen LogP contribution in [0.25, 0.3) is 11.2 Å². The standard InChI is InChI=1S/C20H22N6O3Se/c1-21-19(29)16-14(27)15(28)20(30-16)26-9-24-13-17(22-8-23-18(13)26)25-12-7-11(12)10-5-3-2-4-6-10/h2-6,8-9,11-12,14-16,20,27-28H,7H2,1H3,(H,21,29)(H,22,23,25)/t11-,12-,14+,15-,16-,20-/m1/s1. The quantitative estimate of drug-likeness (QED) is 0.392. The molecule has 10 heteroatoms. The molecule has 0 unspecified atom stereocenters. The molecule has 5 rings (SSSR count). The van der Waals surface area contributed by atoms with E-state index in [1.54, 1.807) is 10.9 Å². The van der Waals surface area contributed by atoms with Gasteiger partial charge in [-0.2, -0.15) is 0 Å². The number of nitrogens with zero attached hydrogens (tertiary/aromatic N) is 4. The van der Waals surface area contributed by atoms with Gasteiger partial charge < -0.3 is 0 Å². The van der Waals surface area contributed by atoms with Gasteiger partial charge in [0.05, 0.1) is 0 Å². The van der Waals surface area contributed by atoms with Crippen molar-refractivity contribution >= 4 is 37.8 Å². The Bertz CT molecular complexity index is 1080. The molecule has 30 heavy (non-hydrogen) atoms. The molecule has 2 fully saturated rings. The fraction of sp³-hybridized carbons (Fsp3) is 0.400. The molecule has 4 N–H and O–H groups in total. The zero-order chi connectivity index (χ0) is 20.8. The molecule has 1 saturated carbocycles. The Morgan fingerprint density at radius 3 is 2.73 bits per heavy atom. The molecule has 3 aromatic rings. The summed E-state index contributed by atoms with van der Waals surface area (Å²) in [7, 11) is 1.53. The van der Waals surface area contributed by atoms with Crippen molar-refractivity contribution in [2.45, 2.75) is 40.3 Å². The zero-order valence-electron chi connectivity index (χ0n) is 16.2. The van der Waals surface area contributed by atoms with Gasteiger partial charge in [0.15, 0.2) is 0 Å². The Morgan fingerprint density at radius 2 is 1.97 bits per heavy atom. The van der Waals surface area contributed by atoms with E-state index in [1.807, 2.05) is 18.2 Å². The molecule has 156 valence electrons. The fourth-order valence-electron chi connectivity index (χ4n) is 3.99. The summed E-state index contributed by atoms with van der Waals surface area (Å²) < 4.78 is 1.76. The van der Waals surface area contributed by atoms with E-state index >= 15 is 0 Å². The second-order valence-corrected chi connectivity index (χ2v) is 10.2. The first kappa shape index (κ1) is 19.4. The number of aromatic nitrogens is 4. The molecule has 1 saturated heterocycles. The number of nitrogens with one attached hydrogen (secondary N) is 2. The second-order valence-electron chi connectivity index (χ2n) is 7.59. The maximum atomic E-state index is 12.1. The molecule has 0 spiro atoms. The summed E-state index contributed by atoms with van der Waals surface area (Å²) in [5.74, 6) is 0.846. The van der Waals surface area contributed by atoms with Crippen LogP contribution in [0.2, 0.25) is 4.82 Å². The van der Waals surface area contributed by atoms with Crippen molar-refractivity contribution in [3.63, 3.8) is 0 Å². The van der Waals surface area contributed by atoms with Crippen molar-refractivity contribution in [1.29, 1.82) is 0 Å². The van der Waals surface area contributed by atoms with E-state index in [0.717, 1.165) is 6.42 Å². The van der Waals surface area contributed by atoms with Crippen LogP contribution in [0, 0.1) is 0 Å². The molecule has 9 nitrogen and oxygen atoms in total. The van der Waals surface area contributed by atoms with E-state index in [2.05, 4.69) is 37.7 Å². The number of anilines is 1. The summed E-state index contributed by atoms with van der Waals surface area (Å²) in [5, 5.41) is 26.9. The molecule has 0 radical (unpaired) electrons. The van der Waals surface area contributed by atoms with Crippen molar-refractivity contribution < 1.29 is 15.0 Å². The number of aliphatic hydroxyl groups excluding tert-OH is 2. The van der Waals surface area contributed by atoms with E-state index in [-0.39, 0.29) is 26.9 Å². The van der Waals surface area contributed by atoms with Gasteiger partial charge in [0.25, 0.3) is 0 Å². The van der Waals surface area contributed by atoms with Gasteiger partial charge in [-0.1, -0.05) is 0 Å². The summed E-state index contributed by atoms with van der Waals surface area (Å²) in [6, 6.07) is 10.7. The number of amides is 1. The Kier molecular flexibility index (Phi) is 4.94. The number of hydrogen-bond donors (Lipinski definition) is 4. The van der Waals surface area contributed by atoms with Gasteiger partial charge in [0.1, 0.15) is 0 Å². The SMILES string of the molecule is CNC(=O)[C@@H]1[Se][C@@H](n2cnc3c(N[C@@H]4C[C@@H]4c4ccccc4)ncnc32)[C@H](O)[C@@H]1O. The Hall–Kier alpha value is -2.52. The number of hydrogen-bond acceptors (Lipinski definition) is 7. The first-order valence-corrected chi connectivity index (χ1v) is 11.8. The molecule has 6 atom stereocenters. The first-order valence-electron chi connectivity index (χ1n) is 9.80. The maximum absolute atomic E-state index is 12.1. The minimum atomic E-state index is -1.11. The number of aliphatic hydroxyl groups is 2. The number of carbonyl (C=O) groups excluding carboxylic acids is 1.